The summed E-state index contributed by atoms with van der Waals surface area (Å²) in [5.41, 5.74) is 0. The van der Waals surface area contributed by atoms with Crippen LogP contribution < -0.4 is 0 Å². The fourth-order valence-electron chi connectivity index (χ4n) is 0.511. The number of thioether (sulfide) groups is 2. The van der Waals surface area contributed by atoms with Crippen molar-refractivity contribution in [2.75, 3.05) is 11.5 Å². The topological polar surface area (TPSA) is 0 Å². The third-order valence-electron chi connectivity index (χ3n) is 0.869. The average molecular weight is 184 g/mol. The molecule has 48 valence electrons. The predicted octanol–water partition coefficient (Wildman–Crippen LogP) is 2.33. The molecule has 0 N–H and O–H groups in total. The number of hydrogen-bond donors (Lipinski definition) is 2. The van der Waals surface area contributed by atoms with Crippen LogP contribution in [0.2, 0.25) is 0 Å². The van der Waals surface area contributed by atoms with Crippen LogP contribution in [0.25, 0.3) is 0 Å². The minimum Gasteiger partial charge on any atom is -0.140 e. The molecule has 0 aromatic carbocycles. The molecule has 0 bridgehead atoms. The van der Waals surface area contributed by atoms with Crippen molar-refractivity contribution in [1.29, 1.82) is 0 Å². The van der Waals surface area contributed by atoms with Crippen molar-refractivity contribution < 1.29 is 0 Å². The van der Waals surface area contributed by atoms with Gasteiger partial charge in [0.2, 0.25) is 0 Å². The van der Waals surface area contributed by atoms with E-state index in [0.29, 0.717) is 0 Å². The van der Waals surface area contributed by atoms with E-state index >= 15 is 0 Å². The molecule has 0 spiro atoms. The number of thiol groups is 2. The molecule has 8 heavy (non-hydrogen) atoms. The lowest BCUT2D eigenvalue weighted by Gasteiger charge is -2.25. The highest BCUT2D eigenvalue weighted by molar-refractivity contribution is 8.41. The summed E-state index contributed by atoms with van der Waals surface area (Å²) in [7, 11) is 0. The third kappa shape index (κ3) is 2.33. The maximum atomic E-state index is 4.31. The van der Waals surface area contributed by atoms with Gasteiger partial charge in [-0.25, -0.2) is 0 Å². The largest absolute Gasteiger partial charge is 0.148 e. The molecule has 0 atom stereocenters. The molecule has 0 aliphatic carbocycles. The second-order valence-electron chi connectivity index (χ2n) is 1.60. The summed E-state index contributed by atoms with van der Waals surface area (Å²) >= 11 is 12.2. The first-order chi connectivity index (χ1) is 3.71. The van der Waals surface area contributed by atoms with Crippen molar-refractivity contribution >= 4 is 48.8 Å². The van der Waals surface area contributed by atoms with Crippen LogP contribution in [0.1, 0.15) is 6.42 Å². The van der Waals surface area contributed by atoms with Gasteiger partial charge in [0, 0.05) is 0 Å². The van der Waals surface area contributed by atoms with Gasteiger partial charge in [-0.1, -0.05) is 0 Å². The Bertz CT molecular complexity index is 72.1. The van der Waals surface area contributed by atoms with Gasteiger partial charge < -0.3 is 0 Å². The molecule has 1 saturated heterocycles. The molecule has 1 aliphatic rings. The summed E-state index contributed by atoms with van der Waals surface area (Å²) in [6, 6.07) is 0. The lowest BCUT2D eigenvalue weighted by atomic mass is 10.6. The van der Waals surface area contributed by atoms with Crippen molar-refractivity contribution in [2.45, 2.75) is 9.16 Å². The summed E-state index contributed by atoms with van der Waals surface area (Å²) in [5, 5.41) is 0. The van der Waals surface area contributed by atoms with Gasteiger partial charge in [0.05, 0.1) is 0 Å². The Kier molecular flexibility index (Phi) is 2.81. The van der Waals surface area contributed by atoms with E-state index in [0.717, 1.165) is 0 Å². The summed E-state index contributed by atoms with van der Waals surface area (Å²) < 4.78 is -0.0990. The molecule has 0 aromatic rings. The molecule has 0 amide bonds. The second-order valence-corrected chi connectivity index (χ2v) is 7.38. The Labute approximate surface area is 69.4 Å². The van der Waals surface area contributed by atoms with E-state index in [4.69, 9.17) is 0 Å². The molecule has 1 heterocycles. The zero-order valence-corrected chi connectivity index (χ0v) is 7.75. The monoisotopic (exact) mass is 184 g/mol. The van der Waals surface area contributed by atoms with Crippen LogP contribution in [-0.2, 0) is 0 Å². The van der Waals surface area contributed by atoms with Crippen LogP contribution in [0.15, 0.2) is 0 Å². The Balaban J connectivity index is 2.33. The molecule has 1 fully saturated rings. The van der Waals surface area contributed by atoms with Gasteiger partial charge in [-0.2, -0.15) is 0 Å². The molecule has 0 unspecified atom stereocenters. The van der Waals surface area contributed by atoms with E-state index in [1.165, 1.54) is 17.9 Å². The highest BCUT2D eigenvalue weighted by Gasteiger charge is 2.23. The fourth-order valence-corrected chi connectivity index (χ4v) is 3.73. The van der Waals surface area contributed by atoms with E-state index in [1.54, 1.807) is 0 Å². The maximum absolute atomic E-state index is 4.31. The first-order valence-corrected chi connectivity index (χ1v) is 5.30. The quantitative estimate of drug-likeness (QED) is 0.438. The lowest BCUT2D eigenvalue weighted by Crippen LogP contribution is -2.09. The molecule has 0 radical (unpaired) electrons. The van der Waals surface area contributed by atoms with E-state index in [1.807, 2.05) is 23.5 Å². The van der Waals surface area contributed by atoms with Gasteiger partial charge in [0.15, 0.2) is 0 Å². The van der Waals surface area contributed by atoms with Gasteiger partial charge in [-0.3, -0.25) is 0 Å². The highest BCUT2D eigenvalue weighted by Crippen LogP contribution is 2.47. The minimum absolute atomic E-state index is 0.0990. The Hall–Kier alpha value is 1.40. The van der Waals surface area contributed by atoms with Crippen LogP contribution in [0.3, 0.4) is 0 Å². The SMILES string of the molecule is SC1(S)SCCCS1. The standard InChI is InChI=1S/C4H8S4/c5-4(6)7-2-1-3-8-4/h5-6H,1-3H2. The summed E-state index contributed by atoms with van der Waals surface area (Å²) in [4.78, 5) is 0. The van der Waals surface area contributed by atoms with Gasteiger partial charge in [0.1, 0.15) is 2.74 Å². The molecule has 0 nitrogen and oxygen atoms in total. The van der Waals surface area contributed by atoms with Crippen LogP contribution in [0.4, 0.5) is 0 Å². The molecule has 0 aromatic heterocycles. The molecule has 1 aliphatic heterocycles. The van der Waals surface area contributed by atoms with Crippen molar-refractivity contribution in [3.63, 3.8) is 0 Å². The Morgan fingerprint density at radius 1 is 1.12 bits per heavy atom. The normalized spacial score (nSPS) is 27.8. The summed E-state index contributed by atoms with van der Waals surface area (Å²) in [6.07, 6.45) is 1.30. The predicted molar refractivity (Wildman–Crippen MR) is 50.2 cm³/mol. The molecular formula is C4H8S4. The first-order valence-electron chi connectivity index (χ1n) is 2.43. The number of hydrogen-bond acceptors (Lipinski definition) is 4. The Morgan fingerprint density at radius 2 is 1.62 bits per heavy atom. The van der Waals surface area contributed by atoms with Crippen molar-refractivity contribution in [2.24, 2.45) is 0 Å². The van der Waals surface area contributed by atoms with Gasteiger partial charge in [-0.05, 0) is 17.9 Å². The van der Waals surface area contributed by atoms with Gasteiger partial charge in [0.25, 0.3) is 0 Å². The van der Waals surface area contributed by atoms with Crippen LogP contribution in [0.5, 0.6) is 0 Å². The summed E-state index contributed by atoms with van der Waals surface area (Å²) in [5.74, 6) is 2.42. The lowest BCUT2D eigenvalue weighted by molar-refractivity contribution is 1.11. The fraction of sp³-hybridized carbons (Fsp3) is 1.00. The van der Waals surface area contributed by atoms with Crippen LogP contribution in [0, 0.1) is 0 Å². The highest BCUT2D eigenvalue weighted by atomic mass is 32.3. The molecule has 4 heteroatoms. The molecular weight excluding hydrogens is 176 g/mol. The average Bonchev–Trinajstić information content (AvgIpc) is 1.65. The molecule has 0 saturated carbocycles. The zero-order valence-electron chi connectivity index (χ0n) is 4.33. The van der Waals surface area contributed by atoms with E-state index < -0.39 is 0 Å². The Morgan fingerprint density at radius 3 is 1.88 bits per heavy atom. The van der Waals surface area contributed by atoms with E-state index in [9.17, 15) is 0 Å². The van der Waals surface area contributed by atoms with Crippen molar-refractivity contribution in [3.05, 3.63) is 0 Å². The smallest absolute Gasteiger partial charge is 0.140 e. The van der Waals surface area contributed by atoms with Crippen LogP contribution >= 0.6 is 48.8 Å². The first kappa shape index (κ1) is 7.51. The maximum Gasteiger partial charge on any atom is 0.148 e. The van der Waals surface area contributed by atoms with Crippen molar-refractivity contribution in [1.82, 2.24) is 0 Å². The minimum atomic E-state index is -0.0990. The van der Waals surface area contributed by atoms with Crippen molar-refractivity contribution in [3.8, 4) is 0 Å². The van der Waals surface area contributed by atoms with Crippen LogP contribution in [-0.4, -0.2) is 14.2 Å². The third-order valence-corrected chi connectivity index (χ3v) is 4.86. The van der Waals surface area contributed by atoms with E-state index in [-0.39, 0.29) is 2.74 Å². The van der Waals surface area contributed by atoms with Gasteiger partial charge in [-0.15, -0.1) is 48.8 Å². The van der Waals surface area contributed by atoms with Gasteiger partial charge >= 0.3 is 0 Å². The van der Waals surface area contributed by atoms with E-state index in [2.05, 4.69) is 25.3 Å². The molecule has 1 rings (SSSR count). The zero-order chi connectivity index (χ0) is 6.04. The number of rotatable bonds is 0. The second kappa shape index (κ2) is 2.99. The summed E-state index contributed by atoms with van der Waals surface area (Å²) in [6.45, 7) is 0.